The maximum Gasteiger partial charge on any atom is 0.0432 e. The number of hydrogen-bond acceptors (Lipinski definition) is 2. The summed E-state index contributed by atoms with van der Waals surface area (Å²) < 4.78 is 1.10. The molecular formula is C16H17BrN2. The predicted molar refractivity (Wildman–Crippen MR) is 83.2 cm³/mol. The van der Waals surface area contributed by atoms with Crippen molar-refractivity contribution in [2.75, 3.05) is 11.4 Å². The minimum Gasteiger partial charge on any atom is -0.367 e. The van der Waals surface area contributed by atoms with E-state index in [4.69, 9.17) is 5.73 Å². The van der Waals surface area contributed by atoms with Gasteiger partial charge in [0.2, 0.25) is 0 Å². The Morgan fingerprint density at radius 2 is 1.84 bits per heavy atom. The highest BCUT2D eigenvalue weighted by molar-refractivity contribution is 9.10. The van der Waals surface area contributed by atoms with Crippen LogP contribution in [0.3, 0.4) is 0 Å². The second-order valence-electron chi connectivity index (χ2n) is 4.88. The van der Waals surface area contributed by atoms with Crippen LogP contribution in [0.15, 0.2) is 46.9 Å². The van der Waals surface area contributed by atoms with Crippen LogP contribution < -0.4 is 10.6 Å². The largest absolute Gasteiger partial charge is 0.367 e. The molecule has 1 heterocycles. The SMILES string of the molecule is NCc1c(Br)cccc1N1CCc2ccccc2C1. The molecule has 0 amide bonds. The summed E-state index contributed by atoms with van der Waals surface area (Å²) in [5.41, 5.74) is 11.3. The Hall–Kier alpha value is -1.32. The van der Waals surface area contributed by atoms with Crippen LogP contribution in [0, 0.1) is 0 Å². The fourth-order valence-electron chi connectivity index (χ4n) is 2.75. The zero-order valence-electron chi connectivity index (χ0n) is 10.8. The van der Waals surface area contributed by atoms with Crippen LogP contribution in [0.5, 0.6) is 0 Å². The summed E-state index contributed by atoms with van der Waals surface area (Å²) in [5, 5.41) is 0. The molecule has 0 unspecified atom stereocenters. The molecule has 0 aromatic heterocycles. The third-order valence-electron chi connectivity index (χ3n) is 3.77. The van der Waals surface area contributed by atoms with Crippen LogP contribution in [0.1, 0.15) is 16.7 Å². The maximum atomic E-state index is 5.90. The van der Waals surface area contributed by atoms with E-state index in [-0.39, 0.29) is 0 Å². The van der Waals surface area contributed by atoms with E-state index < -0.39 is 0 Å². The Morgan fingerprint density at radius 3 is 2.63 bits per heavy atom. The fourth-order valence-corrected chi connectivity index (χ4v) is 3.26. The molecule has 0 radical (unpaired) electrons. The topological polar surface area (TPSA) is 29.3 Å². The number of anilines is 1. The summed E-state index contributed by atoms with van der Waals surface area (Å²) in [6.07, 6.45) is 1.10. The van der Waals surface area contributed by atoms with E-state index in [1.165, 1.54) is 22.4 Å². The lowest BCUT2D eigenvalue weighted by Crippen LogP contribution is -2.31. The molecule has 3 heteroatoms. The van der Waals surface area contributed by atoms with Crippen molar-refractivity contribution in [1.82, 2.24) is 0 Å². The van der Waals surface area contributed by atoms with Crippen molar-refractivity contribution >= 4 is 21.6 Å². The molecule has 0 saturated carbocycles. The van der Waals surface area contributed by atoms with Crippen LogP contribution in [0.25, 0.3) is 0 Å². The molecule has 2 aromatic rings. The second kappa shape index (κ2) is 5.35. The molecule has 19 heavy (non-hydrogen) atoms. The van der Waals surface area contributed by atoms with Crippen molar-refractivity contribution in [3.05, 3.63) is 63.6 Å². The molecule has 2 aromatic carbocycles. The number of nitrogens with two attached hydrogens (primary N) is 1. The van der Waals surface area contributed by atoms with E-state index in [2.05, 4.69) is 63.3 Å². The van der Waals surface area contributed by atoms with Crippen LogP contribution in [-0.4, -0.2) is 6.54 Å². The van der Waals surface area contributed by atoms with E-state index >= 15 is 0 Å². The zero-order chi connectivity index (χ0) is 13.2. The van der Waals surface area contributed by atoms with Crippen molar-refractivity contribution < 1.29 is 0 Å². The molecule has 2 nitrogen and oxygen atoms in total. The molecule has 3 rings (SSSR count). The Kier molecular flexibility index (Phi) is 3.58. The van der Waals surface area contributed by atoms with Gasteiger partial charge in [0.1, 0.15) is 0 Å². The molecule has 0 aliphatic carbocycles. The summed E-state index contributed by atoms with van der Waals surface area (Å²) in [6, 6.07) is 15.0. The third kappa shape index (κ3) is 2.40. The highest BCUT2D eigenvalue weighted by atomic mass is 79.9. The van der Waals surface area contributed by atoms with Crippen molar-refractivity contribution in [3.8, 4) is 0 Å². The van der Waals surface area contributed by atoms with Gasteiger partial charge in [0.15, 0.2) is 0 Å². The van der Waals surface area contributed by atoms with Crippen LogP contribution in [0.2, 0.25) is 0 Å². The quantitative estimate of drug-likeness (QED) is 0.919. The van der Waals surface area contributed by atoms with E-state index in [1.54, 1.807) is 0 Å². The van der Waals surface area contributed by atoms with Gasteiger partial charge in [-0.3, -0.25) is 0 Å². The molecular weight excluding hydrogens is 300 g/mol. The lowest BCUT2D eigenvalue weighted by Gasteiger charge is -2.32. The van der Waals surface area contributed by atoms with Gasteiger partial charge in [-0.15, -0.1) is 0 Å². The summed E-state index contributed by atoms with van der Waals surface area (Å²) in [5.74, 6) is 0. The monoisotopic (exact) mass is 316 g/mol. The average Bonchev–Trinajstić information content (AvgIpc) is 2.46. The Morgan fingerprint density at radius 1 is 1.05 bits per heavy atom. The average molecular weight is 317 g/mol. The number of benzene rings is 2. The van der Waals surface area contributed by atoms with Gasteiger partial charge in [-0.2, -0.15) is 0 Å². The van der Waals surface area contributed by atoms with Gasteiger partial charge >= 0.3 is 0 Å². The van der Waals surface area contributed by atoms with Gasteiger partial charge in [-0.1, -0.05) is 46.3 Å². The van der Waals surface area contributed by atoms with E-state index in [0.29, 0.717) is 6.54 Å². The summed E-state index contributed by atoms with van der Waals surface area (Å²) in [6.45, 7) is 2.59. The van der Waals surface area contributed by atoms with Gasteiger partial charge in [0.05, 0.1) is 0 Å². The molecule has 0 atom stereocenters. The number of hydrogen-bond donors (Lipinski definition) is 1. The minimum absolute atomic E-state index is 0.564. The molecule has 1 aliphatic rings. The van der Waals surface area contributed by atoms with Gasteiger partial charge < -0.3 is 10.6 Å². The molecule has 0 bridgehead atoms. The molecule has 0 saturated heterocycles. The number of nitrogens with zero attached hydrogens (tertiary/aromatic N) is 1. The van der Waals surface area contributed by atoms with E-state index in [9.17, 15) is 0 Å². The summed E-state index contributed by atoms with van der Waals surface area (Å²) >= 11 is 3.60. The number of halogens is 1. The third-order valence-corrected chi connectivity index (χ3v) is 4.51. The molecule has 98 valence electrons. The van der Waals surface area contributed by atoms with Gasteiger partial charge in [-0.05, 0) is 29.7 Å². The van der Waals surface area contributed by atoms with Crippen molar-refractivity contribution in [2.45, 2.75) is 19.5 Å². The lowest BCUT2D eigenvalue weighted by atomic mass is 9.99. The van der Waals surface area contributed by atoms with Gasteiger partial charge in [0.25, 0.3) is 0 Å². The minimum atomic E-state index is 0.564. The first-order valence-corrected chi connectivity index (χ1v) is 7.38. The van der Waals surface area contributed by atoms with Crippen LogP contribution in [0.4, 0.5) is 5.69 Å². The van der Waals surface area contributed by atoms with E-state index in [1.807, 2.05) is 0 Å². The van der Waals surface area contributed by atoms with Crippen molar-refractivity contribution in [3.63, 3.8) is 0 Å². The molecule has 1 aliphatic heterocycles. The highest BCUT2D eigenvalue weighted by Gasteiger charge is 2.18. The van der Waals surface area contributed by atoms with E-state index in [0.717, 1.165) is 24.0 Å². The lowest BCUT2D eigenvalue weighted by molar-refractivity contribution is 0.726. The van der Waals surface area contributed by atoms with Crippen LogP contribution >= 0.6 is 15.9 Å². The van der Waals surface area contributed by atoms with Gasteiger partial charge in [-0.25, -0.2) is 0 Å². The first-order valence-electron chi connectivity index (χ1n) is 6.59. The summed E-state index contributed by atoms with van der Waals surface area (Å²) in [4.78, 5) is 2.43. The smallest absolute Gasteiger partial charge is 0.0432 e. The maximum absolute atomic E-state index is 5.90. The number of rotatable bonds is 2. The van der Waals surface area contributed by atoms with Crippen molar-refractivity contribution in [1.29, 1.82) is 0 Å². The fraction of sp³-hybridized carbons (Fsp3) is 0.250. The van der Waals surface area contributed by atoms with Crippen molar-refractivity contribution in [2.24, 2.45) is 5.73 Å². The second-order valence-corrected chi connectivity index (χ2v) is 5.74. The van der Waals surface area contributed by atoms with Crippen LogP contribution in [-0.2, 0) is 19.5 Å². The normalized spacial score (nSPS) is 14.3. The standard InChI is InChI=1S/C16H17BrN2/c17-15-6-3-7-16(14(15)10-18)19-9-8-12-4-1-2-5-13(12)11-19/h1-7H,8-11,18H2. The molecule has 2 N–H and O–H groups in total. The first-order chi connectivity index (χ1) is 9.29. The zero-order valence-corrected chi connectivity index (χ0v) is 12.4. The van der Waals surface area contributed by atoms with Gasteiger partial charge in [0, 0.05) is 35.4 Å². The Bertz CT molecular complexity index is 595. The highest BCUT2D eigenvalue weighted by Crippen LogP contribution is 2.31. The number of fused-ring (bicyclic) bond motifs is 1. The predicted octanol–water partition coefficient (Wildman–Crippen LogP) is 3.47. The molecule has 0 fully saturated rings. The molecule has 0 spiro atoms. The summed E-state index contributed by atoms with van der Waals surface area (Å²) in [7, 11) is 0. The Balaban J connectivity index is 1.95. The Labute approximate surface area is 122 Å². The first kappa shape index (κ1) is 12.7.